The molecule has 2 rings (SSSR count). The summed E-state index contributed by atoms with van der Waals surface area (Å²) in [6.07, 6.45) is 5.67. The van der Waals surface area contributed by atoms with Crippen molar-refractivity contribution in [2.75, 3.05) is 6.61 Å². The molecule has 1 aliphatic carbocycles. The first-order chi connectivity index (χ1) is 8.68. The van der Waals surface area contributed by atoms with E-state index in [-0.39, 0.29) is 18.1 Å². The predicted molar refractivity (Wildman–Crippen MR) is 65.1 cm³/mol. The van der Waals surface area contributed by atoms with E-state index in [1.165, 1.54) is 0 Å². The van der Waals surface area contributed by atoms with Gasteiger partial charge in [0.1, 0.15) is 6.10 Å². The fourth-order valence-corrected chi connectivity index (χ4v) is 2.84. The third-order valence-electron chi connectivity index (χ3n) is 3.88. The minimum absolute atomic E-state index is 0.134. The molecule has 102 valence electrons. The van der Waals surface area contributed by atoms with Crippen LogP contribution in [-0.4, -0.2) is 35.7 Å². The SMILES string of the molecule is O=C(O)C1CCCCCC1NC(=O)[C@H]1CCCO1. The molecule has 18 heavy (non-hydrogen) atoms. The molecule has 1 saturated carbocycles. The Labute approximate surface area is 107 Å². The van der Waals surface area contributed by atoms with Crippen LogP contribution in [0.1, 0.15) is 44.9 Å². The summed E-state index contributed by atoms with van der Waals surface area (Å²) >= 11 is 0. The first kappa shape index (κ1) is 13.3. The number of ether oxygens (including phenoxy) is 1. The molecule has 0 radical (unpaired) electrons. The van der Waals surface area contributed by atoms with Crippen LogP contribution in [0.15, 0.2) is 0 Å². The highest BCUT2D eigenvalue weighted by molar-refractivity contribution is 5.82. The van der Waals surface area contributed by atoms with Crippen molar-refractivity contribution in [1.82, 2.24) is 5.32 Å². The van der Waals surface area contributed by atoms with E-state index >= 15 is 0 Å². The largest absolute Gasteiger partial charge is 0.481 e. The van der Waals surface area contributed by atoms with E-state index in [1.807, 2.05) is 0 Å². The van der Waals surface area contributed by atoms with Gasteiger partial charge in [-0.3, -0.25) is 9.59 Å². The average Bonchev–Trinajstić information content (AvgIpc) is 2.77. The fraction of sp³-hybridized carbons (Fsp3) is 0.846. The zero-order valence-electron chi connectivity index (χ0n) is 10.6. The van der Waals surface area contributed by atoms with Crippen LogP contribution < -0.4 is 5.32 Å². The Morgan fingerprint density at radius 2 is 1.83 bits per heavy atom. The maximum Gasteiger partial charge on any atom is 0.308 e. The Bertz CT molecular complexity index is 312. The lowest BCUT2D eigenvalue weighted by molar-refractivity contribution is -0.143. The molecule has 3 atom stereocenters. The van der Waals surface area contributed by atoms with E-state index in [4.69, 9.17) is 4.74 Å². The number of hydrogen-bond donors (Lipinski definition) is 2. The molecule has 1 amide bonds. The summed E-state index contributed by atoms with van der Waals surface area (Å²) < 4.78 is 5.32. The van der Waals surface area contributed by atoms with Gasteiger partial charge in [0, 0.05) is 12.6 Å². The second kappa shape index (κ2) is 6.18. The van der Waals surface area contributed by atoms with Crippen molar-refractivity contribution in [3.05, 3.63) is 0 Å². The van der Waals surface area contributed by atoms with Crippen LogP contribution >= 0.6 is 0 Å². The summed E-state index contributed by atoms with van der Waals surface area (Å²) in [5.41, 5.74) is 0. The van der Waals surface area contributed by atoms with Gasteiger partial charge in [-0.05, 0) is 25.7 Å². The van der Waals surface area contributed by atoms with Gasteiger partial charge >= 0.3 is 5.97 Å². The number of hydrogen-bond acceptors (Lipinski definition) is 3. The molecule has 0 bridgehead atoms. The zero-order chi connectivity index (χ0) is 13.0. The number of carbonyl (C=O) groups excluding carboxylic acids is 1. The van der Waals surface area contributed by atoms with Gasteiger partial charge in [0.25, 0.3) is 0 Å². The van der Waals surface area contributed by atoms with Gasteiger partial charge in [-0.25, -0.2) is 0 Å². The van der Waals surface area contributed by atoms with Crippen LogP contribution in [0.2, 0.25) is 0 Å². The highest BCUT2D eigenvalue weighted by Crippen LogP contribution is 2.24. The molecule has 5 nitrogen and oxygen atoms in total. The lowest BCUT2D eigenvalue weighted by Crippen LogP contribution is -2.46. The van der Waals surface area contributed by atoms with Gasteiger partial charge in [-0.15, -0.1) is 0 Å². The van der Waals surface area contributed by atoms with E-state index < -0.39 is 11.9 Å². The van der Waals surface area contributed by atoms with Gasteiger partial charge in [-0.1, -0.05) is 19.3 Å². The van der Waals surface area contributed by atoms with Crippen LogP contribution in [0, 0.1) is 5.92 Å². The van der Waals surface area contributed by atoms with Crippen molar-refractivity contribution >= 4 is 11.9 Å². The quantitative estimate of drug-likeness (QED) is 0.746. The monoisotopic (exact) mass is 255 g/mol. The Morgan fingerprint density at radius 3 is 2.50 bits per heavy atom. The average molecular weight is 255 g/mol. The summed E-state index contributed by atoms with van der Waals surface area (Å²) in [5, 5.41) is 12.1. The first-order valence-corrected chi connectivity index (χ1v) is 6.83. The van der Waals surface area contributed by atoms with Crippen molar-refractivity contribution in [3.63, 3.8) is 0 Å². The van der Waals surface area contributed by atoms with Crippen LogP contribution in [0.25, 0.3) is 0 Å². The molecule has 0 aromatic rings. The Balaban J connectivity index is 1.95. The smallest absolute Gasteiger partial charge is 0.308 e. The van der Waals surface area contributed by atoms with E-state index in [2.05, 4.69) is 5.32 Å². The Hall–Kier alpha value is -1.10. The number of rotatable bonds is 3. The molecule has 5 heteroatoms. The van der Waals surface area contributed by atoms with Gasteiger partial charge in [-0.2, -0.15) is 0 Å². The topological polar surface area (TPSA) is 75.6 Å². The van der Waals surface area contributed by atoms with Crippen LogP contribution in [-0.2, 0) is 14.3 Å². The number of carbonyl (C=O) groups is 2. The lowest BCUT2D eigenvalue weighted by atomic mass is 9.94. The standard InChI is InChI=1S/C13H21NO4/c15-12(11-7-4-8-18-11)14-10-6-3-1-2-5-9(10)13(16)17/h9-11H,1-8H2,(H,14,15)(H,16,17)/t9?,10?,11-/m1/s1. The molecule has 1 heterocycles. The van der Waals surface area contributed by atoms with Crippen LogP contribution in [0.3, 0.4) is 0 Å². The summed E-state index contributed by atoms with van der Waals surface area (Å²) in [7, 11) is 0. The molecule has 0 aromatic carbocycles. The van der Waals surface area contributed by atoms with Crippen molar-refractivity contribution in [3.8, 4) is 0 Å². The minimum Gasteiger partial charge on any atom is -0.481 e. The summed E-state index contributed by atoms with van der Waals surface area (Å²) in [6.45, 7) is 0.630. The Kier molecular flexibility index (Phi) is 4.58. The second-order valence-electron chi connectivity index (χ2n) is 5.20. The van der Waals surface area contributed by atoms with E-state index in [1.54, 1.807) is 0 Å². The molecule has 0 aromatic heterocycles. The molecule has 1 saturated heterocycles. The van der Waals surface area contributed by atoms with Crippen molar-refractivity contribution in [2.24, 2.45) is 5.92 Å². The van der Waals surface area contributed by atoms with Gasteiger partial charge in [0.05, 0.1) is 5.92 Å². The second-order valence-corrected chi connectivity index (χ2v) is 5.20. The predicted octanol–water partition coefficient (Wildman–Crippen LogP) is 1.32. The molecule has 2 aliphatic rings. The number of amides is 1. The maximum atomic E-state index is 12.0. The van der Waals surface area contributed by atoms with Crippen molar-refractivity contribution in [1.29, 1.82) is 0 Å². The number of carboxylic acids is 1. The van der Waals surface area contributed by atoms with Gasteiger partial charge in [0.2, 0.25) is 5.91 Å². The normalized spacial score (nSPS) is 32.8. The molecule has 0 spiro atoms. The van der Waals surface area contributed by atoms with E-state index in [9.17, 15) is 14.7 Å². The van der Waals surface area contributed by atoms with Crippen molar-refractivity contribution in [2.45, 2.75) is 57.1 Å². The fourth-order valence-electron chi connectivity index (χ4n) is 2.84. The van der Waals surface area contributed by atoms with Crippen LogP contribution in [0.4, 0.5) is 0 Å². The summed E-state index contributed by atoms with van der Waals surface area (Å²) in [4.78, 5) is 23.2. The van der Waals surface area contributed by atoms with Crippen molar-refractivity contribution < 1.29 is 19.4 Å². The Morgan fingerprint density at radius 1 is 1.06 bits per heavy atom. The van der Waals surface area contributed by atoms with E-state index in [0.29, 0.717) is 13.0 Å². The first-order valence-electron chi connectivity index (χ1n) is 6.83. The molecule has 1 aliphatic heterocycles. The molecule has 2 unspecified atom stereocenters. The number of carboxylic acid groups (broad SMARTS) is 1. The van der Waals surface area contributed by atoms with Gasteiger partial charge < -0.3 is 15.2 Å². The van der Waals surface area contributed by atoms with E-state index in [0.717, 1.165) is 38.5 Å². The number of nitrogens with one attached hydrogen (secondary N) is 1. The molecule has 2 N–H and O–H groups in total. The number of aliphatic carboxylic acids is 1. The molecular formula is C13H21NO4. The minimum atomic E-state index is -0.797. The molecule has 2 fully saturated rings. The summed E-state index contributed by atoms with van der Waals surface area (Å²) in [5.74, 6) is -1.38. The highest BCUT2D eigenvalue weighted by Gasteiger charge is 2.33. The zero-order valence-corrected chi connectivity index (χ0v) is 10.6. The highest BCUT2D eigenvalue weighted by atomic mass is 16.5. The van der Waals surface area contributed by atoms with Crippen LogP contribution in [0.5, 0.6) is 0 Å². The third-order valence-corrected chi connectivity index (χ3v) is 3.88. The lowest BCUT2D eigenvalue weighted by Gasteiger charge is -2.24. The molecular weight excluding hydrogens is 234 g/mol. The van der Waals surface area contributed by atoms with Gasteiger partial charge in [0.15, 0.2) is 0 Å². The summed E-state index contributed by atoms with van der Waals surface area (Å²) in [6, 6.07) is -0.235. The third kappa shape index (κ3) is 3.22. The maximum absolute atomic E-state index is 12.0.